The van der Waals surface area contributed by atoms with E-state index < -0.39 is 10.8 Å². The molecule has 0 aliphatic carbocycles. The third kappa shape index (κ3) is 5.03. The van der Waals surface area contributed by atoms with E-state index in [-0.39, 0.29) is 18.1 Å². The minimum Gasteiger partial charge on any atom is -0.489 e. The maximum Gasteiger partial charge on any atom is 0.307 e. The van der Waals surface area contributed by atoms with Gasteiger partial charge in [-0.05, 0) is 48.0 Å². The summed E-state index contributed by atoms with van der Waals surface area (Å²) in [6.07, 6.45) is 1.46. The largest absolute Gasteiger partial charge is 0.489 e. The number of furan rings is 1. The number of ether oxygens (including phenoxy) is 1. The molecule has 0 fully saturated rings. The molecule has 0 atom stereocenters. The Balaban J connectivity index is 1.34. The summed E-state index contributed by atoms with van der Waals surface area (Å²) >= 11 is 0. The highest BCUT2D eigenvalue weighted by Gasteiger charge is 2.14. The van der Waals surface area contributed by atoms with Gasteiger partial charge in [0.15, 0.2) is 5.76 Å². The Kier molecular flexibility index (Phi) is 6.09. The standard InChI is InChI=1S/C24H16N4O5/c25-13-17-3-1-2-4-18(17)15-32-21-8-5-16(6-9-21)14-26-27-24(29)23-12-19-11-20(28(30)31)7-10-22(19)33-23/h1-12,14H,15H2,(H,27,29). The molecule has 1 aromatic heterocycles. The molecule has 0 bridgehead atoms. The third-order valence-corrected chi connectivity index (χ3v) is 4.73. The molecule has 0 aliphatic rings. The maximum atomic E-state index is 12.3. The highest BCUT2D eigenvalue weighted by molar-refractivity contribution is 5.97. The summed E-state index contributed by atoms with van der Waals surface area (Å²) in [6, 6.07) is 21.9. The van der Waals surface area contributed by atoms with E-state index in [9.17, 15) is 14.9 Å². The number of nitriles is 1. The van der Waals surface area contributed by atoms with E-state index in [1.165, 1.54) is 30.5 Å². The number of hydrazone groups is 1. The van der Waals surface area contributed by atoms with Gasteiger partial charge in [0, 0.05) is 23.1 Å². The Labute approximate surface area is 187 Å². The number of benzene rings is 3. The molecule has 0 saturated heterocycles. The summed E-state index contributed by atoms with van der Waals surface area (Å²) in [5, 5.41) is 24.4. The predicted molar refractivity (Wildman–Crippen MR) is 120 cm³/mol. The van der Waals surface area contributed by atoms with Gasteiger partial charge in [-0.15, -0.1) is 0 Å². The van der Waals surface area contributed by atoms with E-state index in [1.54, 1.807) is 36.4 Å². The van der Waals surface area contributed by atoms with Crippen molar-refractivity contribution in [2.45, 2.75) is 6.61 Å². The number of rotatable bonds is 7. The lowest BCUT2D eigenvalue weighted by Crippen LogP contribution is -2.16. The van der Waals surface area contributed by atoms with Crippen molar-refractivity contribution in [2.24, 2.45) is 5.10 Å². The molecule has 1 heterocycles. The van der Waals surface area contributed by atoms with Gasteiger partial charge in [0.25, 0.3) is 5.69 Å². The molecule has 9 heteroatoms. The number of carbonyl (C=O) groups is 1. The number of non-ortho nitro benzene ring substituents is 1. The van der Waals surface area contributed by atoms with E-state index in [1.807, 2.05) is 12.1 Å². The molecule has 0 radical (unpaired) electrons. The Morgan fingerprint density at radius 1 is 1.15 bits per heavy atom. The van der Waals surface area contributed by atoms with Crippen molar-refractivity contribution >= 4 is 28.8 Å². The van der Waals surface area contributed by atoms with Gasteiger partial charge in [-0.1, -0.05) is 18.2 Å². The number of nitro groups is 1. The number of nitrogens with zero attached hydrogens (tertiary/aromatic N) is 3. The topological polar surface area (TPSA) is 131 Å². The first kappa shape index (κ1) is 21.3. The minimum atomic E-state index is -0.582. The first-order chi connectivity index (χ1) is 16.0. The number of hydrogen-bond acceptors (Lipinski definition) is 7. The smallest absolute Gasteiger partial charge is 0.307 e. The lowest BCUT2D eigenvalue weighted by Gasteiger charge is -2.07. The van der Waals surface area contributed by atoms with Crippen LogP contribution in [-0.4, -0.2) is 17.0 Å². The van der Waals surface area contributed by atoms with Gasteiger partial charge >= 0.3 is 5.91 Å². The summed E-state index contributed by atoms with van der Waals surface area (Å²) in [4.78, 5) is 22.6. The second kappa shape index (κ2) is 9.45. The van der Waals surface area contributed by atoms with Crippen molar-refractivity contribution in [2.75, 3.05) is 0 Å². The van der Waals surface area contributed by atoms with Crippen LogP contribution in [0, 0.1) is 21.4 Å². The fourth-order valence-corrected chi connectivity index (χ4v) is 3.04. The zero-order valence-corrected chi connectivity index (χ0v) is 17.1. The molecule has 162 valence electrons. The molecular formula is C24H16N4O5. The quantitative estimate of drug-likeness (QED) is 0.255. The van der Waals surface area contributed by atoms with Gasteiger partial charge < -0.3 is 9.15 Å². The van der Waals surface area contributed by atoms with Crippen molar-refractivity contribution in [3.05, 3.63) is 105 Å². The SMILES string of the molecule is N#Cc1ccccc1COc1ccc(C=NNC(=O)c2cc3cc([N+](=O)[O-])ccc3o2)cc1. The Bertz CT molecular complexity index is 1400. The second-order valence-electron chi connectivity index (χ2n) is 6.92. The summed E-state index contributed by atoms with van der Waals surface area (Å²) in [6.45, 7) is 0.272. The number of fused-ring (bicyclic) bond motifs is 1. The molecule has 3 aromatic carbocycles. The van der Waals surface area contributed by atoms with Gasteiger partial charge in [0.1, 0.15) is 17.9 Å². The van der Waals surface area contributed by atoms with Crippen molar-refractivity contribution in [1.82, 2.24) is 5.43 Å². The Morgan fingerprint density at radius 2 is 1.94 bits per heavy atom. The molecule has 0 saturated carbocycles. The molecule has 1 amide bonds. The zero-order chi connectivity index (χ0) is 23.2. The first-order valence-corrected chi connectivity index (χ1v) is 9.76. The van der Waals surface area contributed by atoms with Crippen LogP contribution in [0.5, 0.6) is 5.75 Å². The van der Waals surface area contributed by atoms with E-state index in [2.05, 4.69) is 16.6 Å². The second-order valence-corrected chi connectivity index (χ2v) is 6.92. The van der Waals surface area contributed by atoms with Gasteiger partial charge in [-0.25, -0.2) is 5.43 Å². The van der Waals surface area contributed by atoms with Crippen LogP contribution in [0.2, 0.25) is 0 Å². The first-order valence-electron chi connectivity index (χ1n) is 9.76. The van der Waals surface area contributed by atoms with Crippen molar-refractivity contribution in [1.29, 1.82) is 5.26 Å². The number of carbonyl (C=O) groups excluding carboxylic acids is 1. The molecule has 0 spiro atoms. The summed E-state index contributed by atoms with van der Waals surface area (Å²) < 4.78 is 11.1. The van der Waals surface area contributed by atoms with Crippen LogP contribution in [0.3, 0.4) is 0 Å². The molecule has 0 aliphatic heterocycles. The van der Waals surface area contributed by atoms with E-state index in [0.29, 0.717) is 22.3 Å². The monoisotopic (exact) mass is 440 g/mol. The molecule has 9 nitrogen and oxygen atoms in total. The summed E-state index contributed by atoms with van der Waals surface area (Å²) in [5.74, 6) is 0.0329. The van der Waals surface area contributed by atoms with Crippen molar-refractivity contribution in [3.8, 4) is 11.8 Å². The average Bonchev–Trinajstić information content (AvgIpc) is 3.27. The highest BCUT2D eigenvalue weighted by atomic mass is 16.6. The number of nitrogens with one attached hydrogen (secondary N) is 1. The van der Waals surface area contributed by atoms with Gasteiger partial charge in [-0.2, -0.15) is 10.4 Å². The summed E-state index contributed by atoms with van der Waals surface area (Å²) in [5.41, 5.74) is 4.73. The fraction of sp³-hybridized carbons (Fsp3) is 0.0417. The van der Waals surface area contributed by atoms with Gasteiger partial charge in [-0.3, -0.25) is 14.9 Å². The lowest BCUT2D eigenvalue weighted by atomic mass is 10.1. The van der Waals surface area contributed by atoms with Crippen molar-refractivity contribution in [3.63, 3.8) is 0 Å². The minimum absolute atomic E-state index is 0.0101. The number of nitro benzene ring substituents is 1. The predicted octanol–water partition coefficient (Wildman–Crippen LogP) is 4.56. The molecule has 1 N–H and O–H groups in total. The zero-order valence-electron chi connectivity index (χ0n) is 17.1. The number of amides is 1. The Hall–Kier alpha value is -4.97. The van der Waals surface area contributed by atoms with Crippen LogP contribution in [-0.2, 0) is 6.61 Å². The number of hydrogen-bond donors (Lipinski definition) is 1. The normalized spacial score (nSPS) is 10.8. The fourth-order valence-electron chi connectivity index (χ4n) is 3.04. The molecule has 4 aromatic rings. The van der Waals surface area contributed by atoms with Crippen LogP contribution in [0.1, 0.15) is 27.2 Å². The van der Waals surface area contributed by atoms with E-state index in [4.69, 9.17) is 14.4 Å². The summed E-state index contributed by atoms with van der Waals surface area (Å²) in [7, 11) is 0. The van der Waals surface area contributed by atoms with Crippen LogP contribution in [0.4, 0.5) is 5.69 Å². The van der Waals surface area contributed by atoms with E-state index >= 15 is 0 Å². The van der Waals surface area contributed by atoms with Crippen LogP contribution < -0.4 is 10.2 Å². The molecule has 4 rings (SSSR count). The van der Waals surface area contributed by atoms with Gasteiger partial charge in [0.2, 0.25) is 0 Å². The maximum absolute atomic E-state index is 12.3. The van der Waals surface area contributed by atoms with Crippen LogP contribution in [0.25, 0.3) is 11.0 Å². The molecule has 33 heavy (non-hydrogen) atoms. The van der Waals surface area contributed by atoms with Crippen LogP contribution in [0.15, 0.2) is 82.3 Å². The third-order valence-electron chi connectivity index (χ3n) is 4.73. The van der Waals surface area contributed by atoms with E-state index in [0.717, 1.165) is 11.1 Å². The highest BCUT2D eigenvalue weighted by Crippen LogP contribution is 2.24. The van der Waals surface area contributed by atoms with Crippen molar-refractivity contribution < 1.29 is 18.9 Å². The average molecular weight is 440 g/mol. The molecular weight excluding hydrogens is 424 g/mol. The lowest BCUT2D eigenvalue weighted by molar-refractivity contribution is -0.384. The molecule has 0 unspecified atom stereocenters. The van der Waals surface area contributed by atoms with Gasteiger partial charge in [0.05, 0.1) is 22.8 Å². The van der Waals surface area contributed by atoms with Crippen LogP contribution >= 0.6 is 0 Å². The Morgan fingerprint density at radius 3 is 2.70 bits per heavy atom.